The lowest BCUT2D eigenvalue weighted by atomic mass is 9.79. The molecule has 6 rings (SSSR count). The lowest BCUT2D eigenvalue weighted by Gasteiger charge is -2.35. The molecular formula is C26H28N4O. The average molecular weight is 413 g/mol. The van der Waals surface area contributed by atoms with Gasteiger partial charge in [0.15, 0.2) is 6.23 Å². The van der Waals surface area contributed by atoms with Crippen molar-refractivity contribution in [2.75, 3.05) is 13.7 Å². The maximum absolute atomic E-state index is 6.15. The molecule has 0 saturated carbocycles. The fourth-order valence-electron chi connectivity index (χ4n) is 5.76. The Morgan fingerprint density at radius 3 is 2.77 bits per heavy atom. The SMILES string of the molecule is COC1c2c(c3c4c(cccn24)CCC3c2ccccc2)CCN1Cc1nc[nH]c1C. The van der Waals surface area contributed by atoms with Crippen LogP contribution in [0.3, 0.4) is 0 Å². The van der Waals surface area contributed by atoms with Crippen molar-refractivity contribution in [2.24, 2.45) is 0 Å². The van der Waals surface area contributed by atoms with Crippen LogP contribution in [0.1, 0.15) is 57.9 Å². The summed E-state index contributed by atoms with van der Waals surface area (Å²) in [7, 11) is 1.83. The van der Waals surface area contributed by atoms with E-state index in [2.05, 4.69) is 74.9 Å². The van der Waals surface area contributed by atoms with Crippen LogP contribution < -0.4 is 0 Å². The number of nitrogens with one attached hydrogen (secondary N) is 1. The molecule has 2 atom stereocenters. The minimum Gasteiger partial charge on any atom is -0.360 e. The predicted molar refractivity (Wildman–Crippen MR) is 121 cm³/mol. The van der Waals surface area contributed by atoms with E-state index < -0.39 is 0 Å². The summed E-state index contributed by atoms with van der Waals surface area (Å²) in [6.45, 7) is 3.85. The van der Waals surface area contributed by atoms with Crippen molar-refractivity contribution in [1.29, 1.82) is 0 Å². The van der Waals surface area contributed by atoms with Gasteiger partial charge in [-0.2, -0.15) is 0 Å². The molecule has 31 heavy (non-hydrogen) atoms. The number of hydrogen-bond donors (Lipinski definition) is 1. The van der Waals surface area contributed by atoms with Crippen LogP contribution in [-0.2, 0) is 24.1 Å². The van der Waals surface area contributed by atoms with Crippen LogP contribution in [0.2, 0.25) is 0 Å². The molecule has 1 aliphatic carbocycles. The minimum absolute atomic E-state index is 0.0779. The Morgan fingerprint density at radius 1 is 1.13 bits per heavy atom. The Kier molecular flexibility index (Phi) is 4.47. The van der Waals surface area contributed by atoms with Gasteiger partial charge in [-0.25, -0.2) is 4.98 Å². The van der Waals surface area contributed by atoms with Crippen molar-refractivity contribution < 1.29 is 4.74 Å². The Bertz CT molecular complexity index is 1240. The number of imidazole rings is 1. The lowest BCUT2D eigenvalue weighted by Crippen LogP contribution is -2.37. The number of rotatable bonds is 4. The normalized spacial score (nSPS) is 20.8. The van der Waals surface area contributed by atoms with Crippen LogP contribution >= 0.6 is 0 Å². The minimum atomic E-state index is -0.0779. The number of methoxy groups -OCH3 is 1. The zero-order chi connectivity index (χ0) is 20.9. The summed E-state index contributed by atoms with van der Waals surface area (Å²) in [5.74, 6) is 0.451. The van der Waals surface area contributed by atoms with Crippen LogP contribution in [0.15, 0.2) is 55.0 Å². The molecule has 3 aromatic heterocycles. The molecule has 158 valence electrons. The van der Waals surface area contributed by atoms with E-state index in [-0.39, 0.29) is 6.23 Å². The van der Waals surface area contributed by atoms with Gasteiger partial charge in [-0.05, 0) is 54.5 Å². The van der Waals surface area contributed by atoms with Gasteiger partial charge in [0.25, 0.3) is 0 Å². The van der Waals surface area contributed by atoms with E-state index in [4.69, 9.17) is 4.74 Å². The monoisotopic (exact) mass is 412 g/mol. The van der Waals surface area contributed by atoms with Crippen LogP contribution in [0.25, 0.3) is 5.52 Å². The molecule has 0 radical (unpaired) electrons. The first-order valence-electron chi connectivity index (χ1n) is 11.2. The smallest absolute Gasteiger partial charge is 0.152 e. The van der Waals surface area contributed by atoms with Gasteiger partial charge in [0.05, 0.1) is 23.2 Å². The molecule has 0 amide bonds. The quantitative estimate of drug-likeness (QED) is 0.526. The van der Waals surface area contributed by atoms with E-state index in [9.17, 15) is 0 Å². The summed E-state index contributed by atoms with van der Waals surface area (Å²) in [6.07, 6.45) is 7.26. The number of pyridine rings is 1. The zero-order valence-corrected chi connectivity index (χ0v) is 18.1. The zero-order valence-electron chi connectivity index (χ0n) is 18.1. The number of ether oxygens (including phenoxy) is 1. The van der Waals surface area contributed by atoms with E-state index in [1.54, 1.807) is 6.33 Å². The Hall–Kier alpha value is -2.89. The topological polar surface area (TPSA) is 45.6 Å². The van der Waals surface area contributed by atoms with Crippen LogP contribution in [0, 0.1) is 6.92 Å². The van der Waals surface area contributed by atoms with Crippen molar-refractivity contribution in [1.82, 2.24) is 19.3 Å². The molecule has 0 bridgehead atoms. The van der Waals surface area contributed by atoms with Crippen molar-refractivity contribution >= 4 is 5.52 Å². The third kappa shape index (κ3) is 2.87. The second-order valence-corrected chi connectivity index (χ2v) is 8.81. The molecule has 4 aromatic rings. The highest BCUT2D eigenvalue weighted by Gasteiger charge is 2.37. The van der Waals surface area contributed by atoms with Gasteiger partial charge in [-0.15, -0.1) is 0 Å². The molecule has 2 aliphatic rings. The molecular weight excluding hydrogens is 384 g/mol. The number of hydrogen-bond acceptors (Lipinski definition) is 3. The first-order chi connectivity index (χ1) is 15.3. The molecule has 0 fully saturated rings. The summed E-state index contributed by atoms with van der Waals surface area (Å²) in [5.41, 5.74) is 10.8. The number of aryl methyl sites for hydroxylation is 2. The summed E-state index contributed by atoms with van der Waals surface area (Å²) in [5, 5.41) is 0. The fraction of sp³-hybridized carbons (Fsp3) is 0.346. The van der Waals surface area contributed by atoms with Gasteiger partial charge >= 0.3 is 0 Å². The largest absolute Gasteiger partial charge is 0.360 e. The number of aromatic nitrogens is 3. The van der Waals surface area contributed by atoms with Gasteiger partial charge in [0.1, 0.15) is 0 Å². The maximum Gasteiger partial charge on any atom is 0.152 e. The number of aromatic amines is 1. The van der Waals surface area contributed by atoms with Crippen LogP contribution in [0.4, 0.5) is 0 Å². The van der Waals surface area contributed by atoms with Gasteiger partial charge in [0.2, 0.25) is 0 Å². The van der Waals surface area contributed by atoms with E-state index in [1.807, 2.05) is 7.11 Å². The second kappa shape index (κ2) is 7.36. The van der Waals surface area contributed by atoms with E-state index in [0.717, 1.165) is 37.3 Å². The summed E-state index contributed by atoms with van der Waals surface area (Å²) < 4.78 is 8.58. The Balaban J connectivity index is 1.51. The first-order valence-corrected chi connectivity index (χ1v) is 11.2. The third-order valence-corrected chi connectivity index (χ3v) is 7.20. The molecule has 0 spiro atoms. The highest BCUT2D eigenvalue weighted by atomic mass is 16.5. The predicted octanol–water partition coefficient (Wildman–Crippen LogP) is 4.75. The number of nitrogens with zero attached hydrogens (tertiary/aromatic N) is 3. The lowest BCUT2D eigenvalue weighted by molar-refractivity contribution is -0.0508. The highest BCUT2D eigenvalue weighted by Crippen LogP contribution is 2.46. The summed E-state index contributed by atoms with van der Waals surface area (Å²) in [4.78, 5) is 10.2. The highest BCUT2D eigenvalue weighted by molar-refractivity contribution is 5.72. The summed E-state index contributed by atoms with van der Waals surface area (Å²) in [6, 6.07) is 15.5. The molecule has 1 aromatic carbocycles. The Morgan fingerprint density at radius 2 is 2.00 bits per heavy atom. The number of H-pyrrole nitrogens is 1. The molecule has 1 N–H and O–H groups in total. The second-order valence-electron chi connectivity index (χ2n) is 8.81. The number of fused-ring (bicyclic) bond motifs is 3. The molecule has 4 heterocycles. The molecule has 1 aliphatic heterocycles. The third-order valence-electron chi connectivity index (χ3n) is 7.20. The van der Waals surface area contributed by atoms with E-state index in [0.29, 0.717) is 5.92 Å². The molecule has 5 heteroatoms. The fourth-order valence-corrected chi connectivity index (χ4v) is 5.76. The van der Waals surface area contributed by atoms with Gasteiger partial charge in [-0.3, -0.25) is 4.90 Å². The summed E-state index contributed by atoms with van der Waals surface area (Å²) >= 11 is 0. The van der Waals surface area contributed by atoms with Crippen LogP contribution in [0.5, 0.6) is 0 Å². The number of benzene rings is 1. The van der Waals surface area contributed by atoms with Gasteiger partial charge in [-0.1, -0.05) is 36.4 Å². The van der Waals surface area contributed by atoms with Crippen molar-refractivity contribution in [2.45, 2.75) is 44.9 Å². The maximum atomic E-state index is 6.15. The van der Waals surface area contributed by atoms with E-state index >= 15 is 0 Å². The first kappa shape index (κ1) is 18.8. The molecule has 5 nitrogen and oxygen atoms in total. The van der Waals surface area contributed by atoms with Gasteiger partial charge < -0.3 is 14.1 Å². The van der Waals surface area contributed by atoms with E-state index in [1.165, 1.54) is 39.9 Å². The molecule has 2 unspecified atom stereocenters. The average Bonchev–Trinajstić information content (AvgIpc) is 3.37. The van der Waals surface area contributed by atoms with Crippen molar-refractivity contribution in [3.05, 3.63) is 94.3 Å². The van der Waals surface area contributed by atoms with Crippen molar-refractivity contribution in [3.8, 4) is 0 Å². The molecule has 0 saturated heterocycles. The Labute approximate surface area is 182 Å². The van der Waals surface area contributed by atoms with Crippen LogP contribution in [-0.4, -0.2) is 32.9 Å². The standard InChI is InChI=1S/C26H28N4O/c1-17-22(28-16-27-17)15-29-14-12-21-23-20(18-7-4-3-5-8-18)11-10-19-9-6-13-30(24(19)23)25(21)26(29)31-2/h3-9,13,16,20,26H,10-12,14-15H2,1-2H3,(H,27,28). The van der Waals surface area contributed by atoms with Crippen molar-refractivity contribution in [3.63, 3.8) is 0 Å². The van der Waals surface area contributed by atoms with Gasteiger partial charge in [0, 0.05) is 38.0 Å².